The average Bonchev–Trinajstić information content (AvgIpc) is 2.31. The number of hydrogen-bond donors (Lipinski definition) is 1. The van der Waals surface area contributed by atoms with Crippen molar-refractivity contribution in [3.8, 4) is 5.75 Å². The van der Waals surface area contributed by atoms with Crippen LogP contribution in [-0.4, -0.2) is 20.7 Å². The summed E-state index contributed by atoms with van der Waals surface area (Å²) >= 11 is 0. The Kier molecular flexibility index (Phi) is 5.33. The van der Waals surface area contributed by atoms with Gasteiger partial charge in [-0.2, -0.15) is 0 Å². The highest BCUT2D eigenvalue weighted by Crippen LogP contribution is 2.29. The molecule has 1 unspecified atom stereocenters. The summed E-state index contributed by atoms with van der Waals surface area (Å²) in [6, 6.07) is 8.42. The number of rotatable bonds is 6. The molecule has 0 saturated carbocycles. The number of ether oxygens (including phenoxy) is 1. The number of methoxy groups -OCH3 is 1. The lowest BCUT2D eigenvalue weighted by atomic mass is 9.85. The Balaban J connectivity index is 2.85. The molecule has 0 aliphatic carbocycles. The second kappa shape index (κ2) is 6.54. The minimum atomic E-state index is 0.600. The molecule has 2 nitrogen and oxygen atoms in total. The molecular formula is C14H23NO. The van der Waals surface area contributed by atoms with E-state index in [2.05, 4.69) is 37.4 Å². The SMILES string of the molecule is CCC(c1cccc(OC)c1)[C@@H](C)CNC. The Bertz CT molecular complexity index is 311. The van der Waals surface area contributed by atoms with Crippen molar-refractivity contribution in [1.29, 1.82) is 0 Å². The molecular weight excluding hydrogens is 198 g/mol. The van der Waals surface area contributed by atoms with Crippen molar-refractivity contribution in [3.63, 3.8) is 0 Å². The van der Waals surface area contributed by atoms with E-state index in [1.165, 1.54) is 5.56 Å². The Morgan fingerprint density at radius 1 is 1.38 bits per heavy atom. The minimum Gasteiger partial charge on any atom is -0.497 e. The standard InChI is InChI=1S/C14H23NO/c1-5-14(11(2)10-15-3)12-7-6-8-13(9-12)16-4/h6-9,11,14-15H,5,10H2,1-4H3/t11-,14?/m0/s1. The predicted molar refractivity (Wildman–Crippen MR) is 69.1 cm³/mol. The molecule has 0 fully saturated rings. The summed E-state index contributed by atoms with van der Waals surface area (Å²) in [5.74, 6) is 2.19. The fraction of sp³-hybridized carbons (Fsp3) is 0.571. The summed E-state index contributed by atoms with van der Waals surface area (Å²) < 4.78 is 5.27. The highest BCUT2D eigenvalue weighted by Gasteiger charge is 2.17. The molecule has 0 bridgehead atoms. The van der Waals surface area contributed by atoms with E-state index in [1.54, 1.807) is 7.11 Å². The van der Waals surface area contributed by atoms with Gasteiger partial charge >= 0.3 is 0 Å². The molecule has 0 heterocycles. The van der Waals surface area contributed by atoms with Crippen LogP contribution in [0.1, 0.15) is 31.7 Å². The highest BCUT2D eigenvalue weighted by molar-refractivity contribution is 5.31. The zero-order valence-corrected chi connectivity index (χ0v) is 10.8. The van der Waals surface area contributed by atoms with E-state index in [4.69, 9.17) is 4.74 Å². The summed E-state index contributed by atoms with van der Waals surface area (Å²) in [5, 5.41) is 3.25. The topological polar surface area (TPSA) is 21.3 Å². The fourth-order valence-electron chi connectivity index (χ4n) is 2.30. The zero-order valence-electron chi connectivity index (χ0n) is 10.8. The lowest BCUT2D eigenvalue weighted by Gasteiger charge is -2.23. The first-order chi connectivity index (χ1) is 7.72. The van der Waals surface area contributed by atoms with Crippen molar-refractivity contribution in [2.45, 2.75) is 26.2 Å². The van der Waals surface area contributed by atoms with Gasteiger partial charge in [0.05, 0.1) is 7.11 Å². The molecule has 0 radical (unpaired) electrons. The second-order valence-corrected chi connectivity index (χ2v) is 4.33. The van der Waals surface area contributed by atoms with Gasteiger partial charge in [0, 0.05) is 0 Å². The molecule has 2 heteroatoms. The van der Waals surface area contributed by atoms with Gasteiger partial charge in [-0.1, -0.05) is 26.0 Å². The summed E-state index contributed by atoms with van der Waals surface area (Å²) in [5.41, 5.74) is 1.38. The molecule has 1 aromatic rings. The first kappa shape index (κ1) is 13.0. The first-order valence-electron chi connectivity index (χ1n) is 6.01. The normalized spacial score (nSPS) is 14.5. The molecule has 1 N–H and O–H groups in total. The first-order valence-corrected chi connectivity index (χ1v) is 6.01. The van der Waals surface area contributed by atoms with Crippen LogP contribution >= 0.6 is 0 Å². The summed E-state index contributed by atoms with van der Waals surface area (Å²) in [4.78, 5) is 0. The Labute approximate surface area is 99.0 Å². The maximum atomic E-state index is 5.27. The molecule has 1 rings (SSSR count). The summed E-state index contributed by atoms with van der Waals surface area (Å²) in [6.07, 6.45) is 1.16. The van der Waals surface area contributed by atoms with Gasteiger partial charge in [0.25, 0.3) is 0 Å². The third kappa shape index (κ3) is 3.24. The minimum absolute atomic E-state index is 0.600. The lowest BCUT2D eigenvalue weighted by molar-refractivity contribution is 0.407. The Hall–Kier alpha value is -1.02. The molecule has 0 spiro atoms. The summed E-state index contributed by atoms with van der Waals surface area (Å²) in [7, 11) is 3.73. The van der Waals surface area contributed by atoms with Crippen LogP contribution in [0.25, 0.3) is 0 Å². The van der Waals surface area contributed by atoms with Crippen LogP contribution in [0.3, 0.4) is 0 Å². The third-order valence-electron chi connectivity index (χ3n) is 3.17. The van der Waals surface area contributed by atoms with Crippen molar-refractivity contribution in [2.75, 3.05) is 20.7 Å². The zero-order chi connectivity index (χ0) is 12.0. The number of nitrogens with one attached hydrogen (secondary N) is 1. The van der Waals surface area contributed by atoms with Gasteiger partial charge in [0.1, 0.15) is 5.75 Å². The van der Waals surface area contributed by atoms with Crippen LogP contribution in [0.4, 0.5) is 0 Å². The molecule has 90 valence electrons. The van der Waals surface area contributed by atoms with Crippen molar-refractivity contribution in [1.82, 2.24) is 5.32 Å². The number of benzene rings is 1. The van der Waals surface area contributed by atoms with Crippen molar-refractivity contribution >= 4 is 0 Å². The van der Waals surface area contributed by atoms with E-state index in [1.807, 2.05) is 13.1 Å². The second-order valence-electron chi connectivity index (χ2n) is 4.33. The largest absolute Gasteiger partial charge is 0.497 e. The van der Waals surface area contributed by atoms with Crippen molar-refractivity contribution in [2.24, 2.45) is 5.92 Å². The molecule has 0 aliphatic rings. The van der Waals surface area contributed by atoms with Gasteiger partial charge < -0.3 is 10.1 Å². The third-order valence-corrected chi connectivity index (χ3v) is 3.17. The molecule has 0 aromatic heterocycles. The van der Waals surface area contributed by atoms with Crippen LogP contribution in [0.15, 0.2) is 24.3 Å². The van der Waals surface area contributed by atoms with Crippen LogP contribution in [0.5, 0.6) is 5.75 Å². The van der Waals surface area contributed by atoms with E-state index in [0.717, 1.165) is 18.7 Å². The van der Waals surface area contributed by atoms with Crippen LogP contribution in [0, 0.1) is 5.92 Å². The van der Waals surface area contributed by atoms with Gasteiger partial charge in [0.2, 0.25) is 0 Å². The van der Waals surface area contributed by atoms with Gasteiger partial charge in [0.15, 0.2) is 0 Å². The molecule has 2 atom stereocenters. The van der Waals surface area contributed by atoms with E-state index >= 15 is 0 Å². The number of hydrogen-bond acceptors (Lipinski definition) is 2. The van der Waals surface area contributed by atoms with E-state index in [9.17, 15) is 0 Å². The molecule has 16 heavy (non-hydrogen) atoms. The van der Waals surface area contributed by atoms with Crippen molar-refractivity contribution in [3.05, 3.63) is 29.8 Å². The quantitative estimate of drug-likeness (QED) is 0.797. The highest BCUT2D eigenvalue weighted by atomic mass is 16.5. The lowest BCUT2D eigenvalue weighted by Crippen LogP contribution is -2.22. The monoisotopic (exact) mass is 221 g/mol. The van der Waals surface area contributed by atoms with Gasteiger partial charge in [-0.15, -0.1) is 0 Å². The molecule has 1 aromatic carbocycles. The smallest absolute Gasteiger partial charge is 0.119 e. The summed E-state index contributed by atoms with van der Waals surface area (Å²) in [6.45, 7) is 5.59. The molecule has 0 saturated heterocycles. The Morgan fingerprint density at radius 3 is 2.69 bits per heavy atom. The average molecular weight is 221 g/mol. The van der Waals surface area contributed by atoms with E-state index < -0.39 is 0 Å². The molecule has 0 aliphatic heterocycles. The maximum Gasteiger partial charge on any atom is 0.119 e. The van der Waals surface area contributed by atoms with Gasteiger partial charge in [-0.05, 0) is 49.5 Å². The van der Waals surface area contributed by atoms with Gasteiger partial charge in [-0.25, -0.2) is 0 Å². The predicted octanol–water partition coefficient (Wildman–Crippen LogP) is 3.04. The maximum absolute atomic E-state index is 5.27. The van der Waals surface area contributed by atoms with Crippen LogP contribution in [0.2, 0.25) is 0 Å². The fourth-order valence-corrected chi connectivity index (χ4v) is 2.30. The van der Waals surface area contributed by atoms with Crippen molar-refractivity contribution < 1.29 is 4.74 Å². The van der Waals surface area contributed by atoms with E-state index in [0.29, 0.717) is 11.8 Å². The van der Waals surface area contributed by atoms with Crippen LogP contribution in [-0.2, 0) is 0 Å². The van der Waals surface area contributed by atoms with E-state index in [-0.39, 0.29) is 0 Å². The van der Waals surface area contributed by atoms with Crippen LogP contribution < -0.4 is 10.1 Å². The van der Waals surface area contributed by atoms with Gasteiger partial charge in [-0.3, -0.25) is 0 Å². The Morgan fingerprint density at radius 2 is 2.12 bits per heavy atom. The molecule has 0 amide bonds.